The number of fused-ring (bicyclic) bond motifs is 1. The van der Waals surface area contributed by atoms with Gasteiger partial charge in [-0.1, -0.05) is 23.5 Å². The largest absolute Gasteiger partial charge is 0.376 e. The molecule has 8 heteroatoms. The van der Waals surface area contributed by atoms with E-state index >= 15 is 0 Å². The Labute approximate surface area is 175 Å². The number of thioether (sulfide) groups is 1. The molecule has 4 nitrogen and oxygen atoms in total. The Morgan fingerprint density at radius 2 is 2.10 bits per heavy atom. The Morgan fingerprint density at radius 3 is 2.79 bits per heavy atom. The van der Waals surface area contributed by atoms with Crippen LogP contribution in [0.1, 0.15) is 18.4 Å². The first kappa shape index (κ1) is 20.3. The maximum Gasteiger partial charge on any atom is 0.233 e. The van der Waals surface area contributed by atoms with E-state index in [1.165, 1.54) is 6.07 Å². The fraction of sp³-hybridized carbons (Fsp3) is 0.333. The van der Waals surface area contributed by atoms with E-state index in [1.807, 2.05) is 30.5 Å². The number of rotatable bonds is 6. The molecule has 0 saturated carbocycles. The number of aromatic nitrogens is 1. The summed E-state index contributed by atoms with van der Waals surface area (Å²) in [7, 11) is 0. The molecule has 0 bridgehead atoms. The fourth-order valence-electron chi connectivity index (χ4n) is 3.35. The number of halogens is 2. The molecule has 0 aliphatic carbocycles. The fourth-order valence-corrected chi connectivity index (χ4v) is 4.79. The van der Waals surface area contributed by atoms with Gasteiger partial charge in [0.15, 0.2) is 10.9 Å². The second-order valence-electron chi connectivity index (χ2n) is 6.90. The Kier molecular flexibility index (Phi) is 6.12. The van der Waals surface area contributed by atoms with Gasteiger partial charge in [0.1, 0.15) is 11.3 Å². The van der Waals surface area contributed by atoms with Crippen LogP contribution in [0.25, 0.3) is 10.2 Å². The second kappa shape index (κ2) is 8.77. The highest BCUT2D eigenvalue weighted by Crippen LogP contribution is 2.32. The summed E-state index contributed by atoms with van der Waals surface area (Å²) in [5.74, 6) is -1.52. The SMILES string of the molecule is CSc1ccc(CC(=O)N(CC2CCCO2)c2nc3c(F)cc(F)cc3s2)cc1. The molecule has 29 heavy (non-hydrogen) atoms. The van der Waals surface area contributed by atoms with Crippen molar-refractivity contribution >= 4 is 44.4 Å². The topological polar surface area (TPSA) is 42.4 Å². The van der Waals surface area contributed by atoms with Crippen LogP contribution in [-0.4, -0.2) is 36.4 Å². The molecule has 0 spiro atoms. The zero-order valence-corrected chi connectivity index (χ0v) is 17.5. The third-order valence-corrected chi connectivity index (χ3v) is 6.63. The lowest BCUT2D eigenvalue weighted by atomic mass is 10.1. The standard InChI is InChI=1S/C21H20F2N2O2S2/c1-28-16-6-4-13(5-7-16)9-19(26)25(12-15-3-2-8-27-15)21-24-20-17(23)10-14(22)11-18(20)29-21/h4-7,10-11,15H,2-3,8-9,12H2,1H3. The summed E-state index contributed by atoms with van der Waals surface area (Å²) in [6.07, 6.45) is 3.93. The minimum Gasteiger partial charge on any atom is -0.376 e. The Balaban J connectivity index is 1.63. The molecule has 3 aromatic rings. The molecule has 2 heterocycles. The predicted molar refractivity (Wildman–Crippen MR) is 113 cm³/mol. The molecule has 1 unspecified atom stereocenters. The summed E-state index contributed by atoms with van der Waals surface area (Å²) in [6, 6.07) is 9.88. The van der Waals surface area contributed by atoms with Crippen molar-refractivity contribution in [1.82, 2.24) is 4.98 Å². The number of carbonyl (C=O) groups excluding carboxylic acids is 1. The van der Waals surface area contributed by atoms with E-state index in [0.717, 1.165) is 40.7 Å². The van der Waals surface area contributed by atoms with Crippen LogP contribution >= 0.6 is 23.1 Å². The Morgan fingerprint density at radius 1 is 1.31 bits per heavy atom. The molecule has 4 rings (SSSR count). The lowest BCUT2D eigenvalue weighted by Crippen LogP contribution is -2.38. The number of benzene rings is 2. The molecule has 1 aromatic heterocycles. The van der Waals surface area contributed by atoms with Crippen molar-refractivity contribution in [2.45, 2.75) is 30.3 Å². The van der Waals surface area contributed by atoms with Gasteiger partial charge >= 0.3 is 0 Å². The molecule has 1 saturated heterocycles. The summed E-state index contributed by atoms with van der Waals surface area (Å²) < 4.78 is 33.8. The van der Waals surface area contributed by atoms with Crippen LogP contribution in [0, 0.1) is 11.6 Å². The van der Waals surface area contributed by atoms with Gasteiger partial charge in [-0.2, -0.15) is 0 Å². The van der Waals surface area contributed by atoms with Gasteiger partial charge in [-0.3, -0.25) is 9.69 Å². The average Bonchev–Trinajstić information content (AvgIpc) is 3.36. The molecule has 0 radical (unpaired) electrons. The van der Waals surface area contributed by atoms with E-state index in [4.69, 9.17) is 4.74 Å². The first-order chi connectivity index (χ1) is 14.0. The number of carbonyl (C=O) groups is 1. The van der Waals surface area contributed by atoms with Crippen molar-refractivity contribution in [3.63, 3.8) is 0 Å². The number of amides is 1. The van der Waals surface area contributed by atoms with Gasteiger partial charge in [0.05, 0.1) is 23.8 Å². The highest BCUT2D eigenvalue weighted by Gasteiger charge is 2.27. The van der Waals surface area contributed by atoms with Crippen LogP contribution in [0.3, 0.4) is 0 Å². The van der Waals surface area contributed by atoms with Crippen LogP contribution in [-0.2, 0) is 16.0 Å². The van der Waals surface area contributed by atoms with Gasteiger partial charge in [-0.25, -0.2) is 13.8 Å². The van der Waals surface area contributed by atoms with Gasteiger partial charge < -0.3 is 4.74 Å². The minimum atomic E-state index is -0.723. The monoisotopic (exact) mass is 434 g/mol. The average molecular weight is 435 g/mol. The van der Waals surface area contributed by atoms with Crippen LogP contribution < -0.4 is 4.90 Å². The van der Waals surface area contributed by atoms with Crippen molar-refractivity contribution < 1.29 is 18.3 Å². The summed E-state index contributed by atoms with van der Waals surface area (Å²) in [5, 5.41) is 0.366. The van der Waals surface area contributed by atoms with Gasteiger partial charge in [0.25, 0.3) is 0 Å². The summed E-state index contributed by atoms with van der Waals surface area (Å²) in [5.41, 5.74) is 0.976. The van der Waals surface area contributed by atoms with Gasteiger partial charge in [-0.15, -0.1) is 11.8 Å². The molecular weight excluding hydrogens is 414 g/mol. The number of ether oxygens (including phenoxy) is 1. The third kappa shape index (κ3) is 4.60. The molecule has 1 aliphatic rings. The molecular formula is C21H20F2N2O2S2. The highest BCUT2D eigenvalue weighted by molar-refractivity contribution is 7.98. The zero-order chi connectivity index (χ0) is 20.4. The Bertz CT molecular complexity index is 1020. The smallest absolute Gasteiger partial charge is 0.233 e. The van der Waals surface area contributed by atoms with Gasteiger partial charge in [-0.05, 0) is 42.9 Å². The number of nitrogens with zero attached hydrogens (tertiary/aromatic N) is 2. The van der Waals surface area contributed by atoms with Gasteiger partial charge in [0.2, 0.25) is 5.91 Å². The second-order valence-corrected chi connectivity index (χ2v) is 8.78. The van der Waals surface area contributed by atoms with Gasteiger partial charge in [0, 0.05) is 17.6 Å². The maximum absolute atomic E-state index is 14.1. The molecule has 1 fully saturated rings. The molecule has 1 atom stereocenters. The minimum absolute atomic E-state index is 0.0774. The van der Waals surface area contributed by atoms with E-state index in [2.05, 4.69) is 4.98 Å². The van der Waals surface area contributed by atoms with Crippen molar-refractivity contribution in [2.75, 3.05) is 24.3 Å². The zero-order valence-electron chi connectivity index (χ0n) is 15.9. The molecule has 0 N–H and O–H groups in total. The van der Waals surface area contributed by atoms with E-state index in [9.17, 15) is 13.6 Å². The van der Waals surface area contributed by atoms with Crippen molar-refractivity contribution in [2.24, 2.45) is 0 Å². The van der Waals surface area contributed by atoms with Crippen LogP contribution in [0.15, 0.2) is 41.3 Å². The van der Waals surface area contributed by atoms with Crippen LogP contribution in [0.5, 0.6) is 0 Å². The molecule has 152 valence electrons. The summed E-state index contributed by atoms with van der Waals surface area (Å²) in [6.45, 7) is 1.02. The third-order valence-electron chi connectivity index (χ3n) is 4.86. The first-order valence-corrected chi connectivity index (χ1v) is 11.4. The molecule has 1 aliphatic heterocycles. The van der Waals surface area contributed by atoms with Crippen LogP contribution in [0.4, 0.5) is 13.9 Å². The van der Waals surface area contributed by atoms with E-state index in [1.54, 1.807) is 16.7 Å². The highest BCUT2D eigenvalue weighted by atomic mass is 32.2. The van der Waals surface area contributed by atoms with Crippen LogP contribution in [0.2, 0.25) is 0 Å². The molecule has 2 aromatic carbocycles. The van der Waals surface area contributed by atoms with Crippen molar-refractivity contribution in [1.29, 1.82) is 0 Å². The number of hydrogen-bond donors (Lipinski definition) is 0. The quantitative estimate of drug-likeness (QED) is 0.509. The normalized spacial score (nSPS) is 16.4. The van der Waals surface area contributed by atoms with Crippen molar-refractivity contribution in [3.8, 4) is 0 Å². The Hall–Kier alpha value is -2.03. The van der Waals surface area contributed by atoms with E-state index in [0.29, 0.717) is 23.0 Å². The number of anilines is 1. The lowest BCUT2D eigenvalue weighted by Gasteiger charge is -2.23. The van der Waals surface area contributed by atoms with E-state index < -0.39 is 11.6 Å². The number of hydrogen-bond acceptors (Lipinski definition) is 5. The van der Waals surface area contributed by atoms with Crippen molar-refractivity contribution in [3.05, 3.63) is 53.6 Å². The summed E-state index contributed by atoms with van der Waals surface area (Å²) >= 11 is 2.76. The lowest BCUT2D eigenvalue weighted by molar-refractivity contribution is -0.118. The first-order valence-electron chi connectivity index (χ1n) is 9.34. The predicted octanol–water partition coefficient (Wildman–Crippen LogP) is 5.05. The van der Waals surface area contributed by atoms with E-state index in [-0.39, 0.29) is 23.9 Å². The maximum atomic E-state index is 14.1. The molecule has 1 amide bonds. The summed E-state index contributed by atoms with van der Waals surface area (Å²) in [4.78, 5) is 20.1. The number of thiazole rings is 1.